The summed E-state index contributed by atoms with van der Waals surface area (Å²) in [6, 6.07) is 18.3. The maximum absolute atomic E-state index is 13.1. The van der Waals surface area contributed by atoms with E-state index in [0.717, 1.165) is 11.3 Å². The number of hydrogen-bond donors (Lipinski definition) is 0. The van der Waals surface area contributed by atoms with E-state index in [1.165, 1.54) is 16.7 Å². The van der Waals surface area contributed by atoms with Gasteiger partial charge in [0.2, 0.25) is 0 Å². The lowest BCUT2D eigenvalue weighted by atomic mass is 10.1. The Kier molecular flexibility index (Phi) is 8.80. The molecule has 5 nitrogen and oxygen atoms in total. The van der Waals surface area contributed by atoms with Gasteiger partial charge in [-0.15, -0.1) is 0 Å². The fourth-order valence-corrected chi connectivity index (χ4v) is 5.19. The van der Waals surface area contributed by atoms with Crippen molar-refractivity contribution in [3.63, 3.8) is 0 Å². The Morgan fingerprint density at radius 1 is 0.972 bits per heavy atom. The lowest BCUT2D eigenvalue weighted by molar-refractivity contribution is -0.113. The molecule has 0 unspecified atom stereocenters. The molecule has 0 radical (unpaired) electrons. The second-order valence-corrected chi connectivity index (χ2v) is 10.2. The highest BCUT2D eigenvalue weighted by Gasteiger charge is 2.33. The first-order chi connectivity index (χ1) is 17.4. The summed E-state index contributed by atoms with van der Waals surface area (Å²) >= 11 is 19.3. The van der Waals surface area contributed by atoms with Crippen LogP contribution in [0.3, 0.4) is 0 Å². The normalized spacial score (nSPS) is 14.4. The smallest absolute Gasteiger partial charge is 0.270 e. The Labute approximate surface area is 229 Å². The minimum Gasteiger partial charge on any atom is -0.490 e. The first-order valence-electron chi connectivity index (χ1n) is 11.2. The van der Waals surface area contributed by atoms with Crippen molar-refractivity contribution in [2.75, 3.05) is 24.7 Å². The van der Waals surface area contributed by atoms with Crippen LogP contribution in [0.25, 0.3) is 6.08 Å². The number of anilines is 1. The Morgan fingerprint density at radius 3 is 2.44 bits per heavy atom. The lowest BCUT2D eigenvalue weighted by Crippen LogP contribution is -2.27. The van der Waals surface area contributed by atoms with Crippen LogP contribution in [0, 0.1) is 6.92 Å². The van der Waals surface area contributed by atoms with E-state index in [0.29, 0.717) is 55.3 Å². The first-order valence-corrected chi connectivity index (χ1v) is 13.2. The molecule has 0 atom stereocenters. The predicted molar refractivity (Wildman–Crippen MR) is 152 cm³/mol. The number of carbonyl (C=O) groups excluding carboxylic acids is 1. The molecular formula is C27H23Cl2NO4S2. The average molecular weight is 561 g/mol. The quantitative estimate of drug-likeness (QED) is 0.153. The monoisotopic (exact) mass is 559 g/mol. The standard InChI is InChI=1S/C27H23Cl2NO4S2/c1-3-32-23-15-18(16-24-26(31)30(27(35)36-24)19-7-5-4-6-8-19)14-22(29)25(23)34-12-11-33-20-9-10-21(28)17(2)13-20/h4-10,13-16H,3,11-12H2,1-2H3. The number of halogens is 2. The van der Waals surface area contributed by atoms with Crippen LogP contribution in [0.4, 0.5) is 5.69 Å². The third kappa shape index (κ3) is 6.16. The number of rotatable bonds is 9. The van der Waals surface area contributed by atoms with Gasteiger partial charge in [-0.25, -0.2) is 0 Å². The van der Waals surface area contributed by atoms with E-state index in [2.05, 4.69) is 0 Å². The van der Waals surface area contributed by atoms with Crippen LogP contribution >= 0.6 is 47.2 Å². The largest absolute Gasteiger partial charge is 0.490 e. The zero-order valence-corrected chi connectivity index (χ0v) is 22.8. The number of ether oxygens (including phenoxy) is 3. The Balaban J connectivity index is 1.48. The minimum atomic E-state index is -0.180. The number of aryl methyl sites for hydroxylation is 1. The molecule has 0 saturated carbocycles. The summed E-state index contributed by atoms with van der Waals surface area (Å²) < 4.78 is 17.9. The maximum atomic E-state index is 13.1. The molecule has 1 aliphatic heterocycles. The number of thioether (sulfide) groups is 1. The summed E-state index contributed by atoms with van der Waals surface area (Å²) in [4.78, 5) is 15.1. The van der Waals surface area contributed by atoms with Gasteiger partial charge < -0.3 is 14.2 Å². The number of amides is 1. The van der Waals surface area contributed by atoms with Crippen LogP contribution in [0.1, 0.15) is 18.1 Å². The second-order valence-electron chi connectivity index (χ2n) is 7.72. The van der Waals surface area contributed by atoms with Crippen LogP contribution in [0.2, 0.25) is 10.0 Å². The molecular weight excluding hydrogens is 537 g/mol. The maximum Gasteiger partial charge on any atom is 0.270 e. The van der Waals surface area contributed by atoms with Gasteiger partial charge in [-0.05, 0) is 73.5 Å². The Hall–Kier alpha value is -2.71. The second kappa shape index (κ2) is 12.0. The summed E-state index contributed by atoms with van der Waals surface area (Å²) in [5, 5.41) is 1.06. The number of para-hydroxylation sites is 1. The summed E-state index contributed by atoms with van der Waals surface area (Å²) in [5.41, 5.74) is 2.38. The SMILES string of the molecule is CCOc1cc(C=C2SC(=S)N(c3ccccc3)C2=O)cc(Cl)c1OCCOc1ccc(Cl)c(C)c1. The van der Waals surface area contributed by atoms with Gasteiger partial charge in [0.25, 0.3) is 5.91 Å². The third-order valence-corrected chi connectivity index (χ3v) is 7.17. The number of thiocarbonyl (C=S) groups is 1. The Morgan fingerprint density at radius 2 is 1.72 bits per heavy atom. The molecule has 0 bridgehead atoms. The molecule has 4 rings (SSSR count). The van der Waals surface area contributed by atoms with Gasteiger partial charge in [0.1, 0.15) is 19.0 Å². The van der Waals surface area contributed by atoms with Crippen molar-refractivity contribution in [1.29, 1.82) is 0 Å². The van der Waals surface area contributed by atoms with E-state index < -0.39 is 0 Å². The molecule has 36 heavy (non-hydrogen) atoms. The minimum absolute atomic E-state index is 0.180. The number of nitrogens with zero attached hydrogens (tertiary/aromatic N) is 1. The molecule has 0 aliphatic carbocycles. The van der Waals surface area contributed by atoms with Gasteiger partial charge in [-0.3, -0.25) is 9.69 Å². The molecule has 0 N–H and O–H groups in total. The summed E-state index contributed by atoms with van der Waals surface area (Å²) in [6.45, 7) is 4.79. The first kappa shape index (κ1) is 26.4. The van der Waals surface area contributed by atoms with Crippen LogP contribution in [0.5, 0.6) is 17.2 Å². The molecule has 3 aromatic carbocycles. The fourth-order valence-electron chi connectivity index (χ4n) is 3.50. The average Bonchev–Trinajstić information content (AvgIpc) is 3.13. The molecule has 1 fully saturated rings. The van der Waals surface area contributed by atoms with Gasteiger partial charge in [0, 0.05) is 5.02 Å². The van der Waals surface area contributed by atoms with Crippen molar-refractivity contribution in [3.8, 4) is 17.2 Å². The summed E-state index contributed by atoms with van der Waals surface area (Å²) in [6.07, 6.45) is 1.76. The van der Waals surface area contributed by atoms with Gasteiger partial charge in [0.05, 0.1) is 22.2 Å². The molecule has 3 aromatic rings. The van der Waals surface area contributed by atoms with E-state index in [9.17, 15) is 4.79 Å². The van der Waals surface area contributed by atoms with Crippen molar-refractivity contribution >= 4 is 69.2 Å². The van der Waals surface area contributed by atoms with Crippen LogP contribution in [-0.2, 0) is 4.79 Å². The van der Waals surface area contributed by atoms with Gasteiger partial charge in [-0.1, -0.05) is 65.4 Å². The Bertz CT molecular complexity index is 1310. The zero-order chi connectivity index (χ0) is 25.7. The third-order valence-electron chi connectivity index (χ3n) is 5.17. The molecule has 1 amide bonds. The van der Waals surface area contributed by atoms with Crippen LogP contribution in [0.15, 0.2) is 65.6 Å². The molecule has 1 saturated heterocycles. The van der Waals surface area contributed by atoms with Crippen molar-refractivity contribution < 1.29 is 19.0 Å². The molecule has 1 heterocycles. The molecule has 0 aromatic heterocycles. The number of benzene rings is 3. The van der Waals surface area contributed by atoms with Crippen molar-refractivity contribution in [2.45, 2.75) is 13.8 Å². The van der Waals surface area contributed by atoms with Crippen molar-refractivity contribution in [2.24, 2.45) is 0 Å². The van der Waals surface area contributed by atoms with E-state index in [1.54, 1.807) is 24.3 Å². The van der Waals surface area contributed by atoms with Gasteiger partial charge >= 0.3 is 0 Å². The summed E-state index contributed by atoms with van der Waals surface area (Å²) in [5.74, 6) is 1.43. The summed E-state index contributed by atoms with van der Waals surface area (Å²) in [7, 11) is 0. The molecule has 1 aliphatic rings. The molecule has 9 heteroatoms. The predicted octanol–water partition coefficient (Wildman–Crippen LogP) is 7.56. The fraction of sp³-hybridized carbons (Fsp3) is 0.185. The highest BCUT2D eigenvalue weighted by atomic mass is 35.5. The van der Waals surface area contributed by atoms with Crippen molar-refractivity contribution in [3.05, 3.63) is 86.7 Å². The van der Waals surface area contributed by atoms with Gasteiger partial charge in [-0.2, -0.15) is 0 Å². The molecule has 186 valence electrons. The topological polar surface area (TPSA) is 48.0 Å². The van der Waals surface area contributed by atoms with E-state index in [1.807, 2.05) is 56.3 Å². The van der Waals surface area contributed by atoms with E-state index in [-0.39, 0.29) is 12.5 Å². The van der Waals surface area contributed by atoms with E-state index >= 15 is 0 Å². The number of carbonyl (C=O) groups is 1. The lowest BCUT2D eigenvalue weighted by Gasteiger charge is -2.15. The highest BCUT2D eigenvalue weighted by molar-refractivity contribution is 8.27. The van der Waals surface area contributed by atoms with Gasteiger partial charge in [0.15, 0.2) is 15.8 Å². The van der Waals surface area contributed by atoms with Crippen LogP contribution < -0.4 is 19.1 Å². The number of hydrogen-bond acceptors (Lipinski definition) is 6. The van der Waals surface area contributed by atoms with Crippen molar-refractivity contribution in [1.82, 2.24) is 0 Å². The highest BCUT2D eigenvalue weighted by Crippen LogP contribution is 2.40. The zero-order valence-electron chi connectivity index (χ0n) is 19.6. The van der Waals surface area contributed by atoms with Crippen LogP contribution in [-0.4, -0.2) is 30.0 Å². The van der Waals surface area contributed by atoms with E-state index in [4.69, 9.17) is 49.6 Å². The molecule has 0 spiro atoms.